The van der Waals surface area contributed by atoms with Crippen LogP contribution in [0.4, 0.5) is 5.13 Å². The molecule has 0 atom stereocenters. The molecule has 0 aliphatic carbocycles. The van der Waals surface area contributed by atoms with E-state index < -0.39 is 0 Å². The van der Waals surface area contributed by atoms with Gasteiger partial charge in [-0.05, 0) is 16.3 Å². The van der Waals surface area contributed by atoms with E-state index in [1.54, 1.807) is 0 Å². The molecule has 4 rings (SSSR count). The highest BCUT2D eigenvalue weighted by atomic mass is 32.1. The van der Waals surface area contributed by atoms with Crippen molar-refractivity contribution in [3.05, 3.63) is 78.4 Å². The fourth-order valence-corrected chi connectivity index (χ4v) is 3.76. The van der Waals surface area contributed by atoms with Gasteiger partial charge in [-0.3, -0.25) is 14.9 Å². The third kappa shape index (κ3) is 4.64. The molecule has 2 N–H and O–H groups in total. The second-order valence-corrected chi connectivity index (χ2v) is 7.40. The third-order valence-electron chi connectivity index (χ3n) is 4.37. The van der Waals surface area contributed by atoms with Crippen LogP contribution in [0, 0.1) is 0 Å². The lowest BCUT2D eigenvalue weighted by Gasteiger charge is -2.07. The van der Waals surface area contributed by atoms with Gasteiger partial charge >= 0.3 is 0 Å². The molecule has 0 unspecified atom stereocenters. The first-order valence-electron chi connectivity index (χ1n) is 9.11. The normalized spacial score (nSPS) is 10.6. The summed E-state index contributed by atoms with van der Waals surface area (Å²) in [6.07, 6.45) is 0.214. The van der Waals surface area contributed by atoms with Crippen LogP contribution < -0.4 is 10.6 Å². The SMILES string of the molecule is O=C(Cc1cccc2ccccc12)NCC(=O)Nc1nnc(-c2ccccc2)s1. The van der Waals surface area contributed by atoms with Crippen LogP contribution in [0.1, 0.15) is 5.56 Å². The van der Waals surface area contributed by atoms with E-state index in [4.69, 9.17) is 0 Å². The van der Waals surface area contributed by atoms with Gasteiger partial charge < -0.3 is 5.32 Å². The summed E-state index contributed by atoms with van der Waals surface area (Å²) in [5, 5.41) is 16.6. The van der Waals surface area contributed by atoms with Crippen LogP contribution in [0.15, 0.2) is 72.8 Å². The molecular formula is C22H18N4O2S. The summed E-state index contributed by atoms with van der Waals surface area (Å²) in [6, 6.07) is 23.4. The molecule has 7 heteroatoms. The number of anilines is 1. The summed E-state index contributed by atoms with van der Waals surface area (Å²) in [5.41, 5.74) is 1.87. The number of fused-ring (bicyclic) bond motifs is 1. The maximum Gasteiger partial charge on any atom is 0.245 e. The number of amides is 2. The molecule has 6 nitrogen and oxygen atoms in total. The number of benzene rings is 3. The van der Waals surface area contributed by atoms with Gasteiger partial charge in [-0.1, -0.05) is 84.1 Å². The van der Waals surface area contributed by atoms with Gasteiger partial charge in [-0.15, -0.1) is 10.2 Å². The minimum absolute atomic E-state index is 0.121. The predicted molar refractivity (Wildman–Crippen MR) is 115 cm³/mol. The molecule has 1 aromatic heterocycles. The Bertz CT molecular complexity index is 1150. The maximum atomic E-state index is 12.3. The predicted octanol–water partition coefficient (Wildman–Crippen LogP) is 3.66. The lowest BCUT2D eigenvalue weighted by atomic mass is 10.0. The third-order valence-corrected chi connectivity index (χ3v) is 5.26. The average molecular weight is 402 g/mol. The summed E-state index contributed by atoms with van der Waals surface area (Å²) < 4.78 is 0. The van der Waals surface area contributed by atoms with Crippen LogP contribution in [0.5, 0.6) is 0 Å². The van der Waals surface area contributed by atoms with Crippen molar-refractivity contribution in [1.29, 1.82) is 0 Å². The second kappa shape index (κ2) is 8.62. The second-order valence-electron chi connectivity index (χ2n) is 6.42. The van der Waals surface area contributed by atoms with Gasteiger partial charge in [0.1, 0.15) is 5.01 Å². The smallest absolute Gasteiger partial charge is 0.245 e. The van der Waals surface area contributed by atoms with Crippen molar-refractivity contribution < 1.29 is 9.59 Å². The number of carbonyl (C=O) groups excluding carboxylic acids is 2. The fraction of sp³-hybridized carbons (Fsp3) is 0.0909. The largest absolute Gasteiger partial charge is 0.347 e. The zero-order valence-corrected chi connectivity index (χ0v) is 16.3. The highest BCUT2D eigenvalue weighted by Gasteiger charge is 2.12. The van der Waals surface area contributed by atoms with Crippen molar-refractivity contribution in [2.45, 2.75) is 6.42 Å². The molecule has 4 aromatic rings. The van der Waals surface area contributed by atoms with E-state index >= 15 is 0 Å². The van der Waals surface area contributed by atoms with Gasteiger partial charge in [0.25, 0.3) is 0 Å². The molecule has 0 saturated carbocycles. The highest BCUT2D eigenvalue weighted by molar-refractivity contribution is 7.18. The van der Waals surface area contributed by atoms with Crippen LogP contribution in [-0.4, -0.2) is 28.6 Å². The summed E-state index contributed by atoms with van der Waals surface area (Å²) >= 11 is 1.29. The van der Waals surface area contributed by atoms with Crippen molar-refractivity contribution in [1.82, 2.24) is 15.5 Å². The topological polar surface area (TPSA) is 84.0 Å². The number of hydrogen-bond donors (Lipinski definition) is 2. The van der Waals surface area contributed by atoms with E-state index in [-0.39, 0.29) is 24.8 Å². The van der Waals surface area contributed by atoms with Gasteiger partial charge in [-0.25, -0.2) is 0 Å². The number of aromatic nitrogens is 2. The molecule has 0 radical (unpaired) electrons. The number of rotatable bonds is 6. The van der Waals surface area contributed by atoms with Crippen LogP contribution in [0.25, 0.3) is 21.3 Å². The van der Waals surface area contributed by atoms with E-state index in [2.05, 4.69) is 20.8 Å². The lowest BCUT2D eigenvalue weighted by Crippen LogP contribution is -2.33. The number of hydrogen-bond acceptors (Lipinski definition) is 5. The molecule has 2 amide bonds. The molecule has 0 bridgehead atoms. The molecule has 1 heterocycles. The Hall–Kier alpha value is -3.58. The Kier molecular flexibility index (Phi) is 5.58. The molecule has 0 fully saturated rings. The first kappa shape index (κ1) is 18.8. The van der Waals surface area contributed by atoms with Crippen molar-refractivity contribution in [2.24, 2.45) is 0 Å². The van der Waals surface area contributed by atoms with Crippen LogP contribution >= 0.6 is 11.3 Å². The van der Waals surface area contributed by atoms with E-state index in [0.29, 0.717) is 5.13 Å². The Morgan fingerprint density at radius 2 is 1.59 bits per heavy atom. The van der Waals surface area contributed by atoms with Gasteiger partial charge in [0.2, 0.25) is 16.9 Å². The quantitative estimate of drug-likeness (QED) is 0.516. The van der Waals surface area contributed by atoms with E-state index in [0.717, 1.165) is 26.9 Å². The van der Waals surface area contributed by atoms with Crippen molar-refractivity contribution >= 4 is 39.1 Å². The molecule has 0 saturated heterocycles. The van der Waals surface area contributed by atoms with Gasteiger partial charge in [0.15, 0.2) is 0 Å². The zero-order chi connectivity index (χ0) is 20.1. The summed E-state index contributed by atoms with van der Waals surface area (Å²) in [6.45, 7) is -0.121. The average Bonchev–Trinajstić information content (AvgIpc) is 3.22. The van der Waals surface area contributed by atoms with Crippen LogP contribution in [0.3, 0.4) is 0 Å². The van der Waals surface area contributed by atoms with Gasteiger partial charge in [0.05, 0.1) is 13.0 Å². The zero-order valence-electron chi connectivity index (χ0n) is 15.5. The maximum absolute atomic E-state index is 12.3. The van der Waals surface area contributed by atoms with Crippen LogP contribution in [0.2, 0.25) is 0 Å². The molecule has 0 aliphatic rings. The Labute approximate surface area is 171 Å². The first-order valence-corrected chi connectivity index (χ1v) is 9.93. The van der Waals surface area contributed by atoms with E-state index in [1.165, 1.54) is 11.3 Å². The monoisotopic (exact) mass is 402 g/mol. The van der Waals surface area contributed by atoms with Crippen molar-refractivity contribution in [3.63, 3.8) is 0 Å². The summed E-state index contributed by atoms with van der Waals surface area (Å²) in [5.74, 6) is -0.550. The lowest BCUT2D eigenvalue weighted by molar-refractivity contribution is -0.123. The molecule has 0 aliphatic heterocycles. The van der Waals surface area contributed by atoms with Crippen molar-refractivity contribution in [2.75, 3.05) is 11.9 Å². The minimum atomic E-state index is -0.341. The Morgan fingerprint density at radius 3 is 2.45 bits per heavy atom. The fourth-order valence-electron chi connectivity index (χ4n) is 3.00. The molecule has 29 heavy (non-hydrogen) atoms. The Balaban J connectivity index is 1.31. The van der Waals surface area contributed by atoms with Gasteiger partial charge in [-0.2, -0.15) is 0 Å². The number of carbonyl (C=O) groups is 2. The standard InChI is InChI=1S/C22H18N4O2S/c27-19(13-17-11-6-10-15-7-4-5-12-18(15)17)23-14-20(28)24-22-26-25-21(29-22)16-8-2-1-3-9-16/h1-12H,13-14H2,(H,23,27)(H,24,26,28). The Morgan fingerprint density at radius 1 is 0.828 bits per heavy atom. The van der Waals surface area contributed by atoms with Crippen molar-refractivity contribution in [3.8, 4) is 10.6 Å². The summed E-state index contributed by atoms with van der Waals surface area (Å²) in [7, 11) is 0. The van der Waals surface area contributed by atoms with E-state index in [1.807, 2.05) is 72.8 Å². The number of nitrogens with one attached hydrogen (secondary N) is 2. The minimum Gasteiger partial charge on any atom is -0.347 e. The highest BCUT2D eigenvalue weighted by Crippen LogP contribution is 2.25. The van der Waals surface area contributed by atoms with Gasteiger partial charge in [0, 0.05) is 5.56 Å². The first-order chi connectivity index (χ1) is 14.2. The molecule has 3 aromatic carbocycles. The molecule has 144 valence electrons. The number of nitrogens with zero attached hydrogens (tertiary/aromatic N) is 2. The molecular weight excluding hydrogens is 384 g/mol. The van der Waals surface area contributed by atoms with E-state index in [9.17, 15) is 9.59 Å². The molecule has 0 spiro atoms. The van der Waals surface area contributed by atoms with Crippen LogP contribution in [-0.2, 0) is 16.0 Å². The summed E-state index contributed by atoms with van der Waals surface area (Å²) in [4.78, 5) is 24.4.